The van der Waals surface area contributed by atoms with Gasteiger partial charge >= 0.3 is 5.97 Å². The summed E-state index contributed by atoms with van der Waals surface area (Å²) in [7, 11) is 1.55. The molecule has 0 aliphatic carbocycles. The summed E-state index contributed by atoms with van der Waals surface area (Å²) in [5.74, 6) is -0.807. The molecule has 0 aliphatic heterocycles. The number of anilines is 1. The Morgan fingerprint density at radius 1 is 1.17 bits per heavy atom. The molecule has 0 spiro atoms. The van der Waals surface area contributed by atoms with E-state index in [9.17, 15) is 14.0 Å². The van der Waals surface area contributed by atoms with E-state index >= 15 is 0 Å². The Bertz CT molecular complexity index is 715. The van der Waals surface area contributed by atoms with E-state index in [2.05, 4.69) is 5.32 Å². The highest BCUT2D eigenvalue weighted by atomic mass is 19.1. The monoisotopic (exact) mass is 331 g/mol. The molecule has 2 rings (SSSR count). The van der Waals surface area contributed by atoms with Crippen LogP contribution in [0.5, 0.6) is 5.75 Å². The Balaban J connectivity index is 1.87. The van der Waals surface area contributed by atoms with Crippen LogP contribution < -0.4 is 10.1 Å². The van der Waals surface area contributed by atoms with Crippen molar-refractivity contribution in [2.24, 2.45) is 0 Å². The number of hydrogen-bond acceptors (Lipinski definition) is 4. The quantitative estimate of drug-likeness (QED) is 0.827. The van der Waals surface area contributed by atoms with Gasteiger partial charge in [0.2, 0.25) is 0 Å². The van der Waals surface area contributed by atoms with E-state index in [0.29, 0.717) is 17.0 Å². The van der Waals surface area contributed by atoms with Crippen molar-refractivity contribution < 1.29 is 23.5 Å². The van der Waals surface area contributed by atoms with Gasteiger partial charge in [0.1, 0.15) is 11.6 Å². The lowest BCUT2D eigenvalue weighted by molar-refractivity contribution is -0.152. The molecule has 1 atom stereocenters. The van der Waals surface area contributed by atoms with E-state index in [1.165, 1.54) is 25.1 Å². The molecule has 2 aromatic rings. The van der Waals surface area contributed by atoms with Gasteiger partial charge in [-0.25, -0.2) is 4.39 Å². The maximum atomic E-state index is 13.1. The molecule has 0 aromatic heterocycles. The first kappa shape index (κ1) is 17.5. The Labute approximate surface area is 139 Å². The third-order valence-electron chi connectivity index (χ3n) is 3.27. The van der Waals surface area contributed by atoms with Crippen LogP contribution in [0.1, 0.15) is 12.5 Å². The molecule has 0 unspecified atom stereocenters. The normalized spacial score (nSPS) is 11.5. The molecule has 0 radical (unpaired) electrons. The second-order valence-corrected chi connectivity index (χ2v) is 5.16. The molecule has 0 aliphatic rings. The smallest absolute Gasteiger partial charge is 0.311 e. The topological polar surface area (TPSA) is 64.6 Å². The van der Waals surface area contributed by atoms with E-state index in [4.69, 9.17) is 9.47 Å². The summed E-state index contributed by atoms with van der Waals surface area (Å²) in [6.45, 7) is 1.47. The van der Waals surface area contributed by atoms with Crippen molar-refractivity contribution in [3.63, 3.8) is 0 Å². The van der Waals surface area contributed by atoms with Gasteiger partial charge < -0.3 is 14.8 Å². The van der Waals surface area contributed by atoms with Crippen LogP contribution in [0.3, 0.4) is 0 Å². The molecule has 0 bridgehead atoms. The lowest BCUT2D eigenvalue weighted by atomic mass is 10.1. The van der Waals surface area contributed by atoms with E-state index < -0.39 is 23.8 Å². The summed E-state index contributed by atoms with van der Waals surface area (Å²) in [6, 6.07) is 12.4. The van der Waals surface area contributed by atoms with E-state index in [-0.39, 0.29) is 6.42 Å². The van der Waals surface area contributed by atoms with Gasteiger partial charge in [0.05, 0.1) is 13.5 Å². The average molecular weight is 331 g/mol. The summed E-state index contributed by atoms with van der Waals surface area (Å²) in [6.07, 6.45) is -1.06. The molecule has 1 amide bonds. The summed E-state index contributed by atoms with van der Waals surface area (Å²) >= 11 is 0. The van der Waals surface area contributed by atoms with Crippen LogP contribution >= 0.6 is 0 Å². The molecule has 0 saturated carbocycles. The summed E-state index contributed by atoms with van der Waals surface area (Å²) in [4.78, 5) is 23.9. The second kappa shape index (κ2) is 8.10. The number of amides is 1. The zero-order valence-electron chi connectivity index (χ0n) is 13.4. The maximum Gasteiger partial charge on any atom is 0.311 e. The highest BCUT2D eigenvalue weighted by Gasteiger charge is 2.18. The fourth-order valence-electron chi connectivity index (χ4n) is 2.02. The van der Waals surface area contributed by atoms with Gasteiger partial charge in [-0.1, -0.05) is 12.1 Å². The molecule has 2 aromatic carbocycles. The molecule has 0 heterocycles. The molecular weight excluding hydrogens is 313 g/mol. The average Bonchev–Trinajstić information content (AvgIpc) is 2.55. The van der Waals surface area contributed by atoms with Crippen LogP contribution in [-0.2, 0) is 20.7 Å². The number of carbonyl (C=O) groups is 2. The number of ether oxygens (including phenoxy) is 2. The molecule has 5 nitrogen and oxygen atoms in total. The minimum atomic E-state index is -0.965. The van der Waals surface area contributed by atoms with E-state index in [1.54, 1.807) is 37.4 Å². The Morgan fingerprint density at radius 2 is 1.88 bits per heavy atom. The van der Waals surface area contributed by atoms with Crippen molar-refractivity contribution in [2.45, 2.75) is 19.4 Å². The van der Waals surface area contributed by atoms with Crippen LogP contribution in [0.15, 0.2) is 48.5 Å². The molecule has 0 fully saturated rings. The molecule has 0 saturated heterocycles. The van der Waals surface area contributed by atoms with E-state index in [1.807, 2.05) is 0 Å². The highest BCUT2D eigenvalue weighted by molar-refractivity contribution is 5.95. The maximum absolute atomic E-state index is 13.1. The first-order chi connectivity index (χ1) is 11.5. The highest BCUT2D eigenvalue weighted by Crippen LogP contribution is 2.15. The third kappa shape index (κ3) is 5.08. The Morgan fingerprint density at radius 3 is 2.50 bits per heavy atom. The van der Waals surface area contributed by atoms with Crippen LogP contribution in [-0.4, -0.2) is 25.1 Å². The summed E-state index contributed by atoms with van der Waals surface area (Å²) in [5, 5.41) is 2.64. The fourth-order valence-corrected chi connectivity index (χ4v) is 2.02. The van der Waals surface area contributed by atoms with Crippen molar-refractivity contribution >= 4 is 17.6 Å². The largest absolute Gasteiger partial charge is 0.497 e. The number of hydrogen-bond donors (Lipinski definition) is 1. The van der Waals surface area contributed by atoms with Crippen molar-refractivity contribution in [3.8, 4) is 5.75 Å². The SMILES string of the molecule is COc1ccc(NC(=O)[C@@H](C)OC(=O)Cc2cccc(F)c2)cc1. The Kier molecular flexibility index (Phi) is 5.89. The first-order valence-electron chi connectivity index (χ1n) is 7.37. The van der Waals surface area contributed by atoms with Crippen molar-refractivity contribution in [2.75, 3.05) is 12.4 Å². The number of carbonyl (C=O) groups excluding carboxylic acids is 2. The van der Waals surface area contributed by atoms with Crippen molar-refractivity contribution in [3.05, 3.63) is 59.9 Å². The first-order valence-corrected chi connectivity index (χ1v) is 7.37. The van der Waals surface area contributed by atoms with Crippen LogP contribution in [0.2, 0.25) is 0 Å². The lowest BCUT2D eigenvalue weighted by Crippen LogP contribution is -2.30. The Hall–Kier alpha value is -2.89. The van der Waals surface area contributed by atoms with Gasteiger partial charge in [-0.2, -0.15) is 0 Å². The fraction of sp³-hybridized carbons (Fsp3) is 0.222. The molecule has 1 N–H and O–H groups in total. The zero-order chi connectivity index (χ0) is 17.5. The number of rotatable bonds is 6. The van der Waals surface area contributed by atoms with Gasteiger partial charge in [-0.3, -0.25) is 9.59 Å². The lowest BCUT2D eigenvalue weighted by Gasteiger charge is -2.14. The predicted octanol–water partition coefficient (Wildman–Crippen LogP) is 2.95. The zero-order valence-corrected chi connectivity index (χ0v) is 13.4. The van der Waals surface area contributed by atoms with Crippen LogP contribution in [0, 0.1) is 5.82 Å². The molecule has 126 valence electrons. The molecule has 24 heavy (non-hydrogen) atoms. The van der Waals surface area contributed by atoms with Gasteiger partial charge in [0.15, 0.2) is 6.10 Å². The number of nitrogens with one attached hydrogen (secondary N) is 1. The number of benzene rings is 2. The minimum absolute atomic E-state index is 0.0993. The molecule has 6 heteroatoms. The van der Waals surface area contributed by atoms with Crippen molar-refractivity contribution in [1.29, 1.82) is 0 Å². The third-order valence-corrected chi connectivity index (χ3v) is 3.27. The minimum Gasteiger partial charge on any atom is -0.497 e. The molecular formula is C18H18FNO4. The second-order valence-electron chi connectivity index (χ2n) is 5.16. The number of esters is 1. The van der Waals surface area contributed by atoms with Crippen LogP contribution in [0.25, 0.3) is 0 Å². The predicted molar refractivity (Wildman–Crippen MR) is 87.3 cm³/mol. The van der Waals surface area contributed by atoms with Gasteiger partial charge in [-0.15, -0.1) is 0 Å². The van der Waals surface area contributed by atoms with Gasteiger partial charge in [0, 0.05) is 5.69 Å². The summed E-state index contributed by atoms with van der Waals surface area (Å²) in [5.41, 5.74) is 1.05. The van der Waals surface area contributed by atoms with Gasteiger partial charge in [-0.05, 0) is 48.9 Å². The van der Waals surface area contributed by atoms with E-state index in [0.717, 1.165) is 0 Å². The number of methoxy groups -OCH3 is 1. The number of halogens is 1. The van der Waals surface area contributed by atoms with Crippen LogP contribution in [0.4, 0.5) is 10.1 Å². The van der Waals surface area contributed by atoms with Gasteiger partial charge in [0.25, 0.3) is 5.91 Å². The summed E-state index contributed by atoms with van der Waals surface area (Å²) < 4.78 is 23.2. The van der Waals surface area contributed by atoms with Crippen molar-refractivity contribution in [1.82, 2.24) is 0 Å². The standard InChI is InChI=1S/C18H18FNO4/c1-12(18(22)20-15-6-8-16(23-2)9-7-15)24-17(21)11-13-4-3-5-14(19)10-13/h3-10,12H,11H2,1-2H3,(H,20,22)/t12-/m1/s1.